The van der Waals surface area contributed by atoms with Crippen LogP contribution in [0.2, 0.25) is 5.02 Å². The Kier molecular flexibility index (Phi) is 3.21. The van der Waals surface area contributed by atoms with E-state index in [0.717, 1.165) is 14.0 Å². The van der Waals surface area contributed by atoms with Crippen molar-refractivity contribution in [2.24, 2.45) is 0 Å². The second kappa shape index (κ2) is 4.98. The lowest BCUT2D eigenvalue weighted by Gasteiger charge is -2.11. The van der Waals surface area contributed by atoms with Crippen molar-refractivity contribution in [3.63, 3.8) is 0 Å². The molecule has 4 rings (SSSR count). The van der Waals surface area contributed by atoms with E-state index in [1.807, 2.05) is 12.1 Å². The molecule has 0 aliphatic rings. The molecule has 4 aromatic rings. The number of rotatable bonds is 0. The van der Waals surface area contributed by atoms with Crippen LogP contribution in [0.3, 0.4) is 0 Å². The van der Waals surface area contributed by atoms with E-state index in [9.17, 15) is 0 Å². The van der Waals surface area contributed by atoms with Gasteiger partial charge >= 0.3 is 0 Å². The molecular weight excluding hydrogens is 411 g/mol. The fourth-order valence-corrected chi connectivity index (χ4v) is 4.21. The third-order valence-electron chi connectivity index (χ3n) is 3.84. The zero-order valence-electron chi connectivity index (χ0n) is 10.8. The van der Waals surface area contributed by atoms with Crippen LogP contribution in [0.15, 0.2) is 63.5 Å². The minimum absolute atomic E-state index is 0.756. The van der Waals surface area contributed by atoms with Crippen molar-refractivity contribution in [2.75, 3.05) is 0 Å². The predicted octanol–water partition coefficient (Wildman–Crippen LogP) is 7.32. The van der Waals surface area contributed by atoms with Gasteiger partial charge in [-0.2, -0.15) is 0 Å². The molecule has 4 aromatic carbocycles. The average molecular weight is 421 g/mol. The van der Waals surface area contributed by atoms with Crippen molar-refractivity contribution in [1.82, 2.24) is 0 Å². The Labute approximate surface area is 144 Å². The molecule has 0 saturated heterocycles. The Morgan fingerprint density at radius 2 is 1.10 bits per heavy atom. The van der Waals surface area contributed by atoms with Gasteiger partial charge in [-0.3, -0.25) is 0 Å². The van der Waals surface area contributed by atoms with Gasteiger partial charge in [0.05, 0.1) is 0 Å². The molecule has 21 heavy (non-hydrogen) atoms. The Morgan fingerprint density at radius 3 is 1.81 bits per heavy atom. The minimum Gasteiger partial charge on any atom is -0.0843 e. The predicted molar refractivity (Wildman–Crippen MR) is 99.4 cm³/mol. The third kappa shape index (κ3) is 2.09. The maximum atomic E-state index is 6.20. The fraction of sp³-hybridized carbons (Fsp3) is 0. The lowest BCUT2D eigenvalue weighted by Crippen LogP contribution is -1.84. The summed E-state index contributed by atoms with van der Waals surface area (Å²) >= 11 is 13.6. The Hall–Kier alpha value is -1.09. The SMILES string of the molecule is Clc1ccc2c(Br)cc3c4ccccc4c(Br)cc3c2c1. The van der Waals surface area contributed by atoms with Crippen molar-refractivity contribution in [2.45, 2.75) is 0 Å². The normalized spacial score (nSPS) is 11.6. The highest BCUT2D eigenvalue weighted by Gasteiger charge is 2.10. The van der Waals surface area contributed by atoms with Crippen LogP contribution in [0.1, 0.15) is 0 Å². The van der Waals surface area contributed by atoms with E-state index in [4.69, 9.17) is 11.6 Å². The lowest BCUT2D eigenvalue weighted by molar-refractivity contribution is 1.73. The Balaban J connectivity index is 2.35. The molecule has 0 fully saturated rings. The number of fused-ring (bicyclic) bond motifs is 5. The van der Waals surface area contributed by atoms with Gasteiger partial charge in [-0.1, -0.05) is 73.8 Å². The van der Waals surface area contributed by atoms with Gasteiger partial charge in [-0.25, -0.2) is 0 Å². The summed E-state index contributed by atoms with van der Waals surface area (Å²) in [6.45, 7) is 0. The maximum absolute atomic E-state index is 6.20. The highest BCUT2D eigenvalue weighted by molar-refractivity contribution is 9.11. The number of hydrogen-bond acceptors (Lipinski definition) is 0. The molecule has 0 aliphatic carbocycles. The van der Waals surface area contributed by atoms with Crippen LogP contribution in [-0.4, -0.2) is 0 Å². The number of benzene rings is 4. The minimum atomic E-state index is 0.756. The number of halogens is 3. The standard InChI is InChI=1S/C18H9Br2Cl/c19-17-9-16-14-7-10(21)5-6-13(14)18(20)8-15(16)11-3-1-2-4-12(11)17/h1-9H. The van der Waals surface area contributed by atoms with Crippen LogP contribution in [0, 0.1) is 0 Å². The first kappa shape index (κ1) is 13.6. The van der Waals surface area contributed by atoms with E-state index in [2.05, 4.69) is 74.3 Å². The highest BCUT2D eigenvalue weighted by Crippen LogP contribution is 2.39. The van der Waals surface area contributed by atoms with Crippen LogP contribution in [0.4, 0.5) is 0 Å². The van der Waals surface area contributed by atoms with E-state index in [0.29, 0.717) is 0 Å². The molecule has 0 bridgehead atoms. The lowest BCUT2D eigenvalue weighted by atomic mass is 9.97. The molecule has 0 N–H and O–H groups in total. The first-order valence-electron chi connectivity index (χ1n) is 6.54. The van der Waals surface area contributed by atoms with Crippen molar-refractivity contribution in [3.8, 4) is 0 Å². The summed E-state index contributed by atoms with van der Waals surface area (Å²) in [6, 6.07) is 18.8. The monoisotopic (exact) mass is 418 g/mol. The summed E-state index contributed by atoms with van der Waals surface area (Å²) in [5, 5.41) is 8.00. The molecular formula is C18H9Br2Cl. The molecule has 0 amide bonds. The van der Waals surface area contributed by atoms with Crippen molar-refractivity contribution >= 4 is 75.8 Å². The smallest absolute Gasteiger partial charge is 0.0412 e. The Morgan fingerprint density at radius 1 is 0.571 bits per heavy atom. The molecule has 0 radical (unpaired) electrons. The van der Waals surface area contributed by atoms with Crippen LogP contribution >= 0.6 is 43.5 Å². The molecule has 0 aliphatic heterocycles. The fourth-order valence-electron chi connectivity index (χ4n) is 2.88. The first-order valence-corrected chi connectivity index (χ1v) is 8.50. The van der Waals surface area contributed by atoms with E-state index in [1.54, 1.807) is 0 Å². The quantitative estimate of drug-likeness (QED) is 0.261. The zero-order chi connectivity index (χ0) is 14.6. The molecule has 0 aromatic heterocycles. The Bertz CT molecular complexity index is 1020. The van der Waals surface area contributed by atoms with Crippen molar-refractivity contribution in [3.05, 3.63) is 68.6 Å². The molecule has 0 unspecified atom stereocenters. The van der Waals surface area contributed by atoms with Gasteiger partial charge in [0, 0.05) is 14.0 Å². The summed E-state index contributed by atoms with van der Waals surface area (Å²) in [4.78, 5) is 0. The van der Waals surface area contributed by atoms with E-state index >= 15 is 0 Å². The van der Waals surface area contributed by atoms with Crippen LogP contribution in [0.25, 0.3) is 32.3 Å². The van der Waals surface area contributed by atoms with Crippen LogP contribution < -0.4 is 0 Å². The van der Waals surface area contributed by atoms with Crippen LogP contribution in [0.5, 0.6) is 0 Å². The van der Waals surface area contributed by atoms with E-state index in [-0.39, 0.29) is 0 Å². The topological polar surface area (TPSA) is 0 Å². The van der Waals surface area contributed by atoms with Crippen LogP contribution in [-0.2, 0) is 0 Å². The zero-order valence-corrected chi connectivity index (χ0v) is 14.8. The second-order valence-corrected chi connectivity index (χ2v) is 7.19. The summed E-state index contributed by atoms with van der Waals surface area (Å²) in [5.74, 6) is 0. The molecule has 3 heteroatoms. The average Bonchev–Trinajstić information content (AvgIpc) is 2.49. The third-order valence-corrected chi connectivity index (χ3v) is 5.38. The molecule has 0 atom stereocenters. The molecule has 0 nitrogen and oxygen atoms in total. The van der Waals surface area contributed by atoms with E-state index < -0.39 is 0 Å². The van der Waals surface area contributed by atoms with Gasteiger partial charge in [0.25, 0.3) is 0 Å². The largest absolute Gasteiger partial charge is 0.0843 e. The first-order chi connectivity index (χ1) is 10.1. The van der Waals surface area contributed by atoms with Gasteiger partial charge in [0.1, 0.15) is 0 Å². The number of hydrogen-bond donors (Lipinski definition) is 0. The highest BCUT2D eigenvalue weighted by atomic mass is 79.9. The molecule has 102 valence electrons. The maximum Gasteiger partial charge on any atom is 0.0412 e. The van der Waals surface area contributed by atoms with Gasteiger partial charge in [0.15, 0.2) is 0 Å². The van der Waals surface area contributed by atoms with Crippen molar-refractivity contribution < 1.29 is 0 Å². The molecule has 0 spiro atoms. The second-order valence-electron chi connectivity index (χ2n) is 5.05. The van der Waals surface area contributed by atoms with E-state index in [1.165, 1.54) is 32.3 Å². The molecule has 0 saturated carbocycles. The van der Waals surface area contributed by atoms with Gasteiger partial charge in [0.2, 0.25) is 0 Å². The van der Waals surface area contributed by atoms with Gasteiger partial charge < -0.3 is 0 Å². The van der Waals surface area contributed by atoms with Gasteiger partial charge in [-0.15, -0.1) is 0 Å². The van der Waals surface area contributed by atoms with Gasteiger partial charge in [-0.05, 0) is 56.6 Å². The molecule has 0 heterocycles. The van der Waals surface area contributed by atoms with Crippen molar-refractivity contribution in [1.29, 1.82) is 0 Å². The summed E-state index contributed by atoms with van der Waals surface area (Å²) in [5.41, 5.74) is 0. The summed E-state index contributed by atoms with van der Waals surface area (Å²) in [6.07, 6.45) is 0. The summed E-state index contributed by atoms with van der Waals surface area (Å²) in [7, 11) is 0. The summed E-state index contributed by atoms with van der Waals surface area (Å²) < 4.78 is 2.20.